The molecule has 2 fully saturated rings. The molecule has 20 heavy (non-hydrogen) atoms. The molecule has 2 aliphatic carbocycles. The lowest BCUT2D eigenvalue weighted by Gasteiger charge is -2.23. The maximum absolute atomic E-state index is 10.8. The summed E-state index contributed by atoms with van der Waals surface area (Å²) in [5.41, 5.74) is 0.609. The van der Waals surface area contributed by atoms with E-state index >= 15 is 0 Å². The standard InChI is InChI=1S/C16H18ClNO2/c17-14-6-5-13(9-15(14)20-10-12-3-4-12)16(18-11-19)7-1-2-8-16/h5-6,9,12H,1-4,7-8,10H2. The summed E-state index contributed by atoms with van der Waals surface area (Å²) >= 11 is 6.20. The number of ether oxygens (including phenoxy) is 1. The summed E-state index contributed by atoms with van der Waals surface area (Å²) in [6.07, 6.45) is 8.21. The molecule has 0 atom stereocenters. The average molecular weight is 292 g/mol. The van der Waals surface area contributed by atoms with Crippen molar-refractivity contribution in [2.75, 3.05) is 6.61 Å². The average Bonchev–Trinajstić information content (AvgIpc) is 3.16. The van der Waals surface area contributed by atoms with Gasteiger partial charge in [-0.15, -0.1) is 0 Å². The van der Waals surface area contributed by atoms with Crippen LogP contribution in [0.1, 0.15) is 44.1 Å². The highest BCUT2D eigenvalue weighted by Gasteiger charge is 2.36. The van der Waals surface area contributed by atoms with E-state index in [1.54, 1.807) is 6.08 Å². The van der Waals surface area contributed by atoms with E-state index in [4.69, 9.17) is 16.3 Å². The maximum atomic E-state index is 10.8. The zero-order valence-corrected chi connectivity index (χ0v) is 12.2. The van der Waals surface area contributed by atoms with Gasteiger partial charge in [0.25, 0.3) is 0 Å². The van der Waals surface area contributed by atoms with Gasteiger partial charge in [0.05, 0.1) is 17.2 Å². The molecule has 0 N–H and O–H groups in total. The Morgan fingerprint density at radius 3 is 2.75 bits per heavy atom. The fourth-order valence-corrected chi connectivity index (χ4v) is 3.08. The number of nitrogens with zero attached hydrogens (tertiary/aromatic N) is 1. The minimum absolute atomic E-state index is 0.413. The molecule has 0 heterocycles. The molecule has 1 aromatic carbocycles. The third kappa shape index (κ3) is 2.74. The van der Waals surface area contributed by atoms with Gasteiger partial charge < -0.3 is 4.74 Å². The second-order valence-corrected chi connectivity index (χ2v) is 6.25. The van der Waals surface area contributed by atoms with Crippen LogP contribution in [-0.4, -0.2) is 12.7 Å². The van der Waals surface area contributed by atoms with E-state index in [2.05, 4.69) is 4.99 Å². The molecule has 0 unspecified atom stereocenters. The predicted octanol–water partition coefficient (Wildman–Crippen LogP) is 4.23. The Hall–Kier alpha value is -1.31. The molecule has 0 saturated heterocycles. The van der Waals surface area contributed by atoms with Crippen LogP contribution in [0.5, 0.6) is 5.75 Å². The number of halogens is 1. The molecule has 2 saturated carbocycles. The molecule has 0 spiro atoms. The Morgan fingerprint density at radius 1 is 1.35 bits per heavy atom. The number of carbonyl (C=O) groups excluding carboxylic acids is 1. The number of hydrogen-bond acceptors (Lipinski definition) is 3. The van der Waals surface area contributed by atoms with E-state index in [1.165, 1.54) is 12.8 Å². The number of aliphatic imine (C=N–C) groups is 1. The van der Waals surface area contributed by atoms with Crippen LogP contribution in [0.2, 0.25) is 5.02 Å². The largest absolute Gasteiger partial charge is 0.492 e. The Balaban J connectivity index is 1.87. The van der Waals surface area contributed by atoms with Crippen LogP contribution < -0.4 is 4.74 Å². The van der Waals surface area contributed by atoms with Crippen molar-refractivity contribution in [3.05, 3.63) is 28.8 Å². The molecule has 0 radical (unpaired) electrons. The van der Waals surface area contributed by atoms with Gasteiger partial charge in [-0.25, -0.2) is 4.79 Å². The Labute approximate surface area is 124 Å². The van der Waals surface area contributed by atoms with Crippen molar-refractivity contribution in [3.8, 4) is 5.75 Å². The lowest BCUT2D eigenvalue weighted by molar-refractivity contribution is 0.298. The summed E-state index contributed by atoms with van der Waals surface area (Å²) in [6.45, 7) is 0.729. The first-order valence-corrected chi connectivity index (χ1v) is 7.63. The zero-order chi connectivity index (χ0) is 14.0. The van der Waals surface area contributed by atoms with Crippen molar-refractivity contribution >= 4 is 17.7 Å². The molecular weight excluding hydrogens is 274 g/mol. The molecule has 0 bridgehead atoms. The van der Waals surface area contributed by atoms with Gasteiger partial charge in [0.2, 0.25) is 6.08 Å². The van der Waals surface area contributed by atoms with Crippen molar-refractivity contribution in [2.45, 2.75) is 44.1 Å². The van der Waals surface area contributed by atoms with E-state index in [0.717, 1.165) is 37.9 Å². The second-order valence-electron chi connectivity index (χ2n) is 5.84. The molecule has 0 amide bonds. The van der Waals surface area contributed by atoms with Gasteiger partial charge in [0.15, 0.2) is 0 Å². The van der Waals surface area contributed by atoms with Gasteiger partial charge in [0, 0.05) is 0 Å². The van der Waals surface area contributed by atoms with Crippen LogP contribution in [0.4, 0.5) is 0 Å². The number of benzene rings is 1. The third-order valence-electron chi connectivity index (χ3n) is 4.33. The summed E-state index contributed by atoms with van der Waals surface area (Å²) in [4.78, 5) is 14.9. The van der Waals surface area contributed by atoms with Crippen molar-refractivity contribution in [2.24, 2.45) is 10.9 Å². The molecule has 1 aromatic rings. The molecule has 0 aromatic heterocycles. The van der Waals surface area contributed by atoms with Crippen LogP contribution in [0.25, 0.3) is 0 Å². The molecule has 3 nitrogen and oxygen atoms in total. The number of rotatable bonds is 5. The quantitative estimate of drug-likeness (QED) is 0.601. The van der Waals surface area contributed by atoms with Crippen molar-refractivity contribution in [3.63, 3.8) is 0 Å². The van der Waals surface area contributed by atoms with Gasteiger partial charge in [0.1, 0.15) is 5.75 Å². The van der Waals surface area contributed by atoms with Crippen LogP contribution in [0.15, 0.2) is 23.2 Å². The SMILES string of the molecule is O=C=NC1(c2ccc(Cl)c(OCC3CC3)c2)CCCC1. The topological polar surface area (TPSA) is 38.7 Å². The highest BCUT2D eigenvalue weighted by Crippen LogP contribution is 2.44. The summed E-state index contributed by atoms with van der Waals surface area (Å²) in [5, 5.41) is 0.623. The highest BCUT2D eigenvalue weighted by atomic mass is 35.5. The van der Waals surface area contributed by atoms with Crippen LogP contribution in [0.3, 0.4) is 0 Å². The second kappa shape index (κ2) is 5.59. The molecular formula is C16H18ClNO2. The molecule has 2 aliphatic rings. The van der Waals surface area contributed by atoms with E-state index in [-0.39, 0.29) is 0 Å². The van der Waals surface area contributed by atoms with E-state index < -0.39 is 5.54 Å². The van der Waals surface area contributed by atoms with E-state index in [0.29, 0.717) is 16.7 Å². The molecule has 106 valence electrons. The fourth-order valence-electron chi connectivity index (χ4n) is 2.91. The summed E-state index contributed by atoms with van der Waals surface area (Å²) in [5.74, 6) is 1.40. The predicted molar refractivity (Wildman–Crippen MR) is 77.9 cm³/mol. The van der Waals surface area contributed by atoms with Crippen molar-refractivity contribution < 1.29 is 9.53 Å². The van der Waals surface area contributed by atoms with Gasteiger partial charge in [-0.05, 0) is 49.3 Å². The normalized spacial score (nSPS) is 20.4. The van der Waals surface area contributed by atoms with Crippen molar-refractivity contribution in [1.29, 1.82) is 0 Å². The van der Waals surface area contributed by atoms with Gasteiger partial charge >= 0.3 is 0 Å². The third-order valence-corrected chi connectivity index (χ3v) is 4.64. The Morgan fingerprint density at radius 2 is 2.10 bits per heavy atom. The van der Waals surface area contributed by atoms with E-state index in [9.17, 15) is 4.79 Å². The molecule has 4 heteroatoms. The molecule has 0 aliphatic heterocycles. The lowest BCUT2D eigenvalue weighted by Crippen LogP contribution is -2.19. The Kier molecular flexibility index (Phi) is 3.82. The fraction of sp³-hybridized carbons (Fsp3) is 0.562. The van der Waals surface area contributed by atoms with Crippen LogP contribution in [0, 0.1) is 5.92 Å². The summed E-state index contributed by atoms with van der Waals surface area (Å²) < 4.78 is 5.81. The minimum Gasteiger partial charge on any atom is -0.492 e. The first-order valence-electron chi connectivity index (χ1n) is 7.25. The van der Waals surface area contributed by atoms with Gasteiger partial charge in [-0.1, -0.05) is 30.5 Å². The first kappa shape index (κ1) is 13.7. The number of isocyanates is 1. The summed E-state index contributed by atoms with van der Waals surface area (Å²) in [7, 11) is 0. The first-order chi connectivity index (χ1) is 9.73. The smallest absolute Gasteiger partial charge is 0.235 e. The van der Waals surface area contributed by atoms with Gasteiger partial charge in [-0.2, -0.15) is 4.99 Å². The number of hydrogen-bond donors (Lipinski definition) is 0. The van der Waals surface area contributed by atoms with Crippen LogP contribution in [-0.2, 0) is 10.3 Å². The zero-order valence-electron chi connectivity index (χ0n) is 11.4. The maximum Gasteiger partial charge on any atom is 0.235 e. The Bertz CT molecular complexity index is 541. The molecule has 3 rings (SSSR count). The monoisotopic (exact) mass is 291 g/mol. The van der Waals surface area contributed by atoms with Crippen molar-refractivity contribution in [1.82, 2.24) is 0 Å². The lowest BCUT2D eigenvalue weighted by atomic mass is 9.89. The van der Waals surface area contributed by atoms with Gasteiger partial charge in [-0.3, -0.25) is 0 Å². The summed E-state index contributed by atoms with van der Waals surface area (Å²) in [6, 6.07) is 5.76. The van der Waals surface area contributed by atoms with E-state index in [1.807, 2.05) is 18.2 Å². The van der Waals surface area contributed by atoms with Crippen LogP contribution >= 0.6 is 11.6 Å². The minimum atomic E-state index is -0.413. The highest BCUT2D eigenvalue weighted by molar-refractivity contribution is 6.32.